The summed E-state index contributed by atoms with van der Waals surface area (Å²) in [5.74, 6) is 0.570. The summed E-state index contributed by atoms with van der Waals surface area (Å²) in [6.45, 7) is 1.51. The maximum atomic E-state index is 12.5. The average molecular weight is 430 g/mol. The van der Waals surface area contributed by atoms with Crippen LogP contribution in [0.2, 0.25) is 0 Å². The smallest absolute Gasteiger partial charge is 0.325 e. The first-order chi connectivity index (χ1) is 14.8. The van der Waals surface area contributed by atoms with Gasteiger partial charge in [-0.05, 0) is 31.2 Å². The van der Waals surface area contributed by atoms with Crippen molar-refractivity contribution in [1.29, 1.82) is 0 Å². The van der Waals surface area contributed by atoms with Crippen molar-refractivity contribution in [2.75, 3.05) is 39.1 Å². The Balaban J connectivity index is 2.23. The largest absolute Gasteiger partial charge is 0.496 e. The molecule has 2 aromatic carbocycles. The number of methoxy groups -OCH3 is 4. The lowest BCUT2D eigenvalue weighted by atomic mass is 10.1. The predicted molar refractivity (Wildman–Crippen MR) is 117 cm³/mol. The monoisotopic (exact) mass is 430 g/mol. The lowest BCUT2D eigenvalue weighted by molar-refractivity contribution is -0.137. The topological polar surface area (TPSA) is 115 Å². The van der Waals surface area contributed by atoms with Gasteiger partial charge in [0.25, 0.3) is 0 Å². The molecule has 0 radical (unpaired) electrons. The van der Waals surface area contributed by atoms with E-state index in [2.05, 4.69) is 10.6 Å². The molecule has 0 saturated carbocycles. The van der Waals surface area contributed by atoms with Crippen LogP contribution < -0.4 is 29.6 Å². The van der Waals surface area contributed by atoms with E-state index in [1.165, 1.54) is 41.4 Å². The zero-order chi connectivity index (χ0) is 23.0. The van der Waals surface area contributed by atoms with Gasteiger partial charge in [-0.3, -0.25) is 9.59 Å². The third-order valence-electron chi connectivity index (χ3n) is 4.36. The number of benzene rings is 2. The van der Waals surface area contributed by atoms with Crippen molar-refractivity contribution < 1.29 is 33.6 Å². The van der Waals surface area contributed by atoms with Crippen LogP contribution in [-0.2, 0) is 9.59 Å². The summed E-state index contributed by atoms with van der Waals surface area (Å²) < 4.78 is 21.2. The number of amides is 1. The highest BCUT2D eigenvalue weighted by Gasteiger charge is 2.14. The van der Waals surface area contributed by atoms with E-state index in [-0.39, 0.29) is 0 Å². The molecule has 9 nitrogen and oxygen atoms in total. The Morgan fingerprint density at radius 2 is 1.55 bits per heavy atom. The van der Waals surface area contributed by atoms with Crippen LogP contribution in [0, 0.1) is 0 Å². The summed E-state index contributed by atoms with van der Waals surface area (Å²) in [5.41, 5.74) is 1.48. The number of rotatable bonds is 10. The molecule has 0 spiro atoms. The van der Waals surface area contributed by atoms with Crippen LogP contribution in [0.3, 0.4) is 0 Å². The maximum absolute atomic E-state index is 12.5. The SMILES string of the molecule is COc1cc(OC)c(/C=C/C(=O)Nc2ccc(OC)c(NC(C)C(=O)O)c2)c(OC)c1. The van der Waals surface area contributed by atoms with E-state index in [0.29, 0.717) is 39.9 Å². The summed E-state index contributed by atoms with van der Waals surface area (Å²) in [7, 11) is 6.03. The number of carboxylic acid groups (broad SMARTS) is 1. The standard InChI is InChI=1S/C22H26N2O7/c1-13(22(26)27)23-17-10-14(6-8-18(17)29-3)24-21(25)9-7-16-19(30-4)11-15(28-2)12-20(16)31-5/h6-13,23H,1-5H3,(H,24,25)(H,26,27)/b9-7+. The lowest BCUT2D eigenvalue weighted by Crippen LogP contribution is -2.25. The Morgan fingerprint density at radius 3 is 2.06 bits per heavy atom. The summed E-state index contributed by atoms with van der Waals surface area (Å²) >= 11 is 0. The molecular weight excluding hydrogens is 404 g/mol. The van der Waals surface area contributed by atoms with E-state index in [0.717, 1.165) is 0 Å². The second-order valence-electron chi connectivity index (χ2n) is 6.39. The number of carbonyl (C=O) groups is 2. The van der Waals surface area contributed by atoms with Crippen LogP contribution in [0.5, 0.6) is 23.0 Å². The zero-order valence-corrected chi connectivity index (χ0v) is 18.0. The highest BCUT2D eigenvalue weighted by molar-refractivity contribution is 6.02. The lowest BCUT2D eigenvalue weighted by Gasteiger charge is -2.15. The van der Waals surface area contributed by atoms with Gasteiger partial charge in [0.2, 0.25) is 5.91 Å². The molecule has 3 N–H and O–H groups in total. The molecule has 0 aliphatic heterocycles. The summed E-state index contributed by atoms with van der Waals surface area (Å²) in [6, 6.07) is 7.41. The maximum Gasteiger partial charge on any atom is 0.325 e. The van der Waals surface area contributed by atoms with E-state index >= 15 is 0 Å². The number of hydrogen-bond acceptors (Lipinski definition) is 7. The fourth-order valence-electron chi connectivity index (χ4n) is 2.73. The number of aliphatic carboxylic acids is 1. The number of hydrogen-bond donors (Lipinski definition) is 3. The number of carbonyl (C=O) groups excluding carboxylic acids is 1. The molecule has 0 aliphatic carbocycles. The summed E-state index contributed by atoms with van der Waals surface area (Å²) in [5, 5.41) is 14.7. The molecule has 2 aromatic rings. The third-order valence-corrected chi connectivity index (χ3v) is 4.36. The van der Waals surface area contributed by atoms with Gasteiger partial charge >= 0.3 is 5.97 Å². The van der Waals surface area contributed by atoms with Gasteiger partial charge in [-0.15, -0.1) is 0 Å². The van der Waals surface area contributed by atoms with Gasteiger partial charge in [0.1, 0.15) is 29.0 Å². The molecular formula is C22H26N2O7. The first-order valence-electron chi connectivity index (χ1n) is 9.29. The van der Waals surface area contributed by atoms with E-state index in [4.69, 9.17) is 24.1 Å². The van der Waals surface area contributed by atoms with E-state index < -0.39 is 17.9 Å². The van der Waals surface area contributed by atoms with Gasteiger partial charge in [0, 0.05) is 23.9 Å². The number of anilines is 2. The minimum atomic E-state index is -1.01. The quantitative estimate of drug-likeness (QED) is 0.492. The molecule has 0 fully saturated rings. The molecule has 0 bridgehead atoms. The van der Waals surface area contributed by atoms with Crippen molar-refractivity contribution in [3.05, 3.63) is 42.0 Å². The van der Waals surface area contributed by atoms with E-state index in [9.17, 15) is 9.59 Å². The molecule has 2 rings (SSSR count). The minimum absolute atomic E-state index is 0.401. The van der Waals surface area contributed by atoms with Crippen LogP contribution in [-0.4, -0.2) is 51.5 Å². The molecule has 166 valence electrons. The first kappa shape index (κ1) is 23.4. The number of carboxylic acids is 1. The van der Waals surface area contributed by atoms with Crippen LogP contribution >= 0.6 is 0 Å². The van der Waals surface area contributed by atoms with Crippen molar-refractivity contribution in [2.24, 2.45) is 0 Å². The Morgan fingerprint density at radius 1 is 0.935 bits per heavy atom. The van der Waals surface area contributed by atoms with Crippen molar-refractivity contribution in [3.8, 4) is 23.0 Å². The van der Waals surface area contributed by atoms with Crippen molar-refractivity contribution in [2.45, 2.75) is 13.0 Å². The molecule has 1 atom stereocenters. The van der Waals surface area contributed by atoms with Crippen LogP contribution in [0.25, 0.3) is 6.08 Å². The summed E-state index contributed by atoms with van der Waals surface area (Å²) in [4.78, 5) is 23.6. The van der Waals surface area contributed by atoms with E-state index in [1.807, 2.05) is 0 Å². The first-order valence-corrected chi connectivity index (χ1v) is 9.29. The van der Waals surface area contributed by atoms with Gasteiger partial charge in [-0.1, -0.05) is 0 Å². The minimum Gasteiger partial charge on any atom is -0.496 e. The molecule has 9 heteroatoms. The Labute approximate surface area is 180 Å². The van der Waals surface area contributed by atoms with Gasteiger partial charge in [0.05, 0.1) is 39.7 Å². The van der Waals surface area contributed by atoms with Gasteiger partial charge in [-0.25, -0.2) is 0 Å². The fourth-order valence-corrected chi connectivity index (χ4v) is 2.73. The van der Waals surface area contributed by atoms with Gasteiger partial charge < -0.3 is 34.7 Å². The normalized spacial score (nSPS) is 11.5. The second-order valence-corrected chi connectivity index (χ2v) is 6.39. The van der Waals surface area contributed by atoms with Crippen molar-refractivity contribution >= 4 is 29.3 Å². The number of ether oxygens (including phenoxy) is 4. The Hall–Kier alpha value is -3.88. The Kier molecular flexibility index (Phi) is 8.13. The molecule has 0 aromatic heterocycles. The third kappa shape index (κ3) is 6.05. The Bertz CT molecular complexity index is 947. The number of nitrogens with one attached hydrogen (secondary N) is 2. The van der Waals surface area contributed by atoms with Gasteiger partial charge in [-0.2, -0.15) is 0 Å². The van der Waals surface area contributed by atoms with Crippen molar-refractivity contribution in [1.82, 2.24) is 0 Å². The fraction of sp³-hybridized carbons (Fsp3) is 0.273. The molecule has 0 saturated heterocycles. The average Bonchev–Trinajstić information content (AvgIpc) is 2.77. The molecule has 0 heterocycles. The summed E-state index contributed by atoms with van der Waals surface area (Å²) in [6.07, 6.45) is 2.91. The van der Waals surface area contributed by atoms with E-state index in [1.54, 1.807) is 36.4 Å². The van der Waals surface area contributed by atoms with Crippen molar-refractivity contribution in [3.63, 3.8) is 0 Å². The highest BCUT2D eigenvalue weighted by Crippen LogP contribution is 2.35. The zero-order valence-electron chi connectivity index (χ0n) is 18.0. The highest BCUT2D eigenvalue weighted by atomic mass is 16.5. The predicted octanol–water partition coefficient (Wildman–Crippen LogP) is 3.26. The molecule has 1 amide bonds. The molecule has 0 aliphatic rings. The molecule has 31 heavy (non-hydrogen) atoms. The van der Waals surface area contributed by atoms with Gasteiger partial charge in [0.15, 0.2) is 0 Å². The van der Waals surface area contributed by atoms with Crippen LogP contribution in [0.15, 0.2) is 36.4 Å². The molecule has 1 unspecified atom stereocenters. The van der Waals surface area contributed by atoms with Crippen LogP contribution in [0.1, 0.15) is 12.5 Å². The van der Waals surface area contributed by atoms with Crippen LogP contribution in [0.4, 0.5) is 11.4 Å². The second kappa shape index (κ2) is 10.8.